The number of ether oxygens (including phenoxy) is 4. The Bertz CT molecular complexity index is 566. The van der Waals surface area contributed by atoms with Gasteiger partial charge in [-0.2, -0.15) is 0 Å². The van der Waals surface area contributed by atoms with Gasteiger partial charge < -0.3 is 18.9 Å². The maximum absolute atomic E-state index is 5.83. The van der Waals surface area contributed by atoms with Crippen LogP contribution in [0, 0.1) is 0 Å². The number of hydrogen-bond donors (Lipinski definition) is 0. The molecule has 0 aliphatic carbocycles. The van der Waals surface area contributed by atoms with E-state index in [1.807, 2.05) is 67.6 Å². The molecule has 4 nitrogen and oxygen atoms in total. The Morgan fingerprint density at radius 2 is 1.17 bits per heavy atom. The molecule has 0 aliphatic heterocycles. The molecular weight excluding hydrogens is 304 g/mol. The van der Waals surface area contributed by atoms with Crippen LogP contribution in [-0.4, -0.2) is 20.5 Å². The van der Waals surface area contributed by atoms with E-state index >= 15 is 0 Å². The molecule has 128 valence electrons. The van der Waals surface area contributed by atoms with E-state index in [-0.39, 0.29) is 6.29 Å². The summed E-state index contributed by atoms with van der Waals surface area (Å²) in [6.45, 7) is 2.89. The smallest absolute Gasteiger partial charge is 0.177 e. The molecule has 4 heteroatoms. The number of allylic oxidation sites excluding steroid dienone is 1. The molecular formula is C20H24O4. The first-order valence-corrected chi connectivity index (χ1v) is 7.87. The third-order valence-corrected chi connectivity index (χ3v) is 3.50. The highest BCUT2D eigenvalue weighted by Crippen LogP contribution is 2.15. The second-order valence-electron chi connectivity index (χ2n) is 5.21. The van der Waals surface area contributed by atoms with Crippen LogP contribution in [0.4, 0.5) is 0 Å². The van der Waals surface area contributed by atoms with Crippen LogP contribution in [0.2, 0.25) is 0 Å². The zero-order chi connectivity index (χ0) is 17.2. The largest absolute Gasteiger partial charge is 0.497 e. The van der Waals surface area contributed by atoms with Gasteiger partial charge >= 0.3 is 0 Å². The lowest BCUT2D eigenvalue weighted by atomic mass is 10.2. The Labute approximate surface area is 143 Å². The second-order valence-corrected chi connectivity index (χ2v) is 5.21. The number of rotatable bonds is 9. The molecule has 2 aromatic rings. The van der Waals surface area contributed by atoms with Crippen molar-refractivity contribution in [3.8, 4) is 11.5 Å². The van der Waals surface area contributed by atoms with Gasteiger partial charge in [0.25, 0.3) is 0 Å². The predicted molar refractivity (Wildman–Crippen MR) is 94.2 cm³/mol. The lowest BCUT2D eigenvalue weighted by Gasteiger charge is -2.16. The topological polar surface area (TPSA) is 36.9 Å². The maximum Gasteiger partial charge on any atom is 0.177 e. The van der Waals surface area contributed by atoms with Gasteiger partial charge in [-0.1, -0.05) is 30.3 Å². The zero-order valence-corrected chi connectivity index (χ0v) is 14.4. The minimum absolute atomic E-state index is 0.390. The molecule has 0 atom stereocenters. The summed E-state index contributed by atoms with van der Waals surface area (Å²) in [6, 6.07) is 15.6. The summed E-state index contributed by atoms with van der Waals surface area (Å²) >= 11 is 0. The van der Waals surface area contributed by atoms with Crippen molar-refractivity contribution >= 4 is 0 Å². The monoisotopic (exact) mass is 328 g/mol. The van der Waals surface area contributed by atoms with Crippen molar-refractivity contribution < 1.29 is 18.9 Å². The average Bonchev–Trinajstić information content (AvgIpc) is 2.65. The molecule has 0 unspecified atom stereocenters. The summed E-state index contributed by atoms with van der Waals surface area (Å²) in [7, 11) is 3.31. The Hall–Kier alpha value is -2.30. The fourth-order valence-electron chi connectivity index (χ4n) is 2.12. The van der Waals surface area contributed by atoms with E-state index in [0.29, 0.717) is 13.2 Å². The third kappa shape index (κ3) is 5.72. The van der Waals surface area contributed by atoms with Crippen molar-refractivity contribution in [3.63, 3.8) is 0 Å². The molecule has 0 aromatic heterocycles. The van der Waals surface area contributed by atoms with Crippen LogP contribution in [0.5, 0.6) is 11.5 Å². The number of hydrogen-bond acceptors (Lipinski definition) is 4. The van der Waals surface area contributed by atoms with Crippen LogP contribution in [0.15, 0.2) is 60.7 Å². The van der Waals surface area contributed by atoms with Crippen LogP contribution in [0.1, 0.15) is 18.1 Å². The zero-order valence-electron chi connectivity index (χ0n) is 14.4. The Kier molecular flexibility index (Phi) is 7.33. The summed E-state index contributed by atoms with van der Waals surface area (Å²) in [6.07, 6.45) is 3.43. The van der Waals surface area contributed by atoms with Gasteiger partial charge in [0.1, 0.15) is 11.5 Å². The van der Waals surface area contributed by atoms with E-state index in [1.54, 1.807) is 14.2 Å². The fourth-order valence-corrected chi connectivity index (χ4v) is 2.12. The maximum atomic E-state index is 5.83. The first-order chi connectivity index (χ1) is 11.7. The lowest BCUT2D eigenvalue weighted by molar-refractivity contribution is -0.126. The molecule has 0 aliphatic rings. The third-order valence-electron chi connectivity index (χ3n) is 3.50. The SMILES string of the molecule is CC=CC(OCc1ccc(OC)cc1)OCc1ccc(OC)cc1. The van der Waals surface area contributed by atoms with Gasteiger partial charge in [0.15, 0.2) is 6.29 Å². The quantitative estimate of drug-likeness (QED) is 0.507. The van der Waals surface area contributed by atoms with Crippen molar-refractivity contribution in [2.45, 2.75) is 26.4 Å². The van der Waals surface area contributed by atoms with Crippen LogP contribution < -0.4 is 9.47 Å². The first-order valence-electron chi connectivity index (χ1n) is 7.87. The minimum atomic E-state index is -0.390. The van der Waals surface area contributed by atoms with Gasteiger partial charge in [-0.05, 0) is 48.4 Å². The second kappa shape index (κ2) is 9.75. The van der Waals surface area contributed by atoms with E-state index < -0.39 is 0 Å². The molecule has 0 fully saturated rings. The Morgan fingerprint density at radius 3 is 1.50 bits per heavy atom. The normalized spacial score (nSPS) is 11.2. The van der Waals surface area contributed by atoms with Crippen molar-refractivity contribution in [2.75, 3.05) is 14.2 Å². The van der Waals surface area contributed by atoms with Gasteiger partial charge in [0, 0.05) is 0 Å². The molecule has 0 bridgehead atoms. The standard InChI is InChI=1S/C20H24O4/c1-4-5-20(23-14-16-6-10-18(21-2)11-7-16)24-15-17-8-12-19(22-3)13-9-17/h4-13,20H,14-15H2,1-3H3. The van der Waals surface area contributed by atoms with E-state index in [2.05, 4.69) is 0 Å². The van der Waals surface area contributed by atoms with E-state index in [1.165, 1.54) is 0 Å². The molecule has 0 spiro atoms. The average molecular weight is 328 g/mol. The van der Waals surface area contributed by atoms with Gasteiger partial charge in [0.05, 0.1) is 27.4 Å². The molecule has 0 radical (unpaired) electrons. The summed E-state index contributed by atoms with van der Waals surface area (Å²) in [5.41, 5.74) is 2.14. The lowest BCUT2D eigenvalue weighted by Crippen LogP contribution is -2.14. The fraction of sp³-hybridized carbons (Fsp3) is 0.300. The number of methoxy groups -OCH3 is 2. The molecule has 24 heavy (non-hydrogen) atoms. The highest BCUT2D eigenvalue weighted by Gasteiger charge is 2.06. The van der Waals surface area contributed by atoms with E-state index in [4.69, 9.17) is 18.9 Å². The first kappa shape index (κ1) is 18.0. The molecule has 2 aromatic carbocycles. The van der Waals surface area contributed by atoms with Gasteiger partial charge in [-0.3, -0.25) is 0 Å². The molecule has 0 saturated carbocycles. The molecule has 2 rings (SSSR count). The van der Waals surface area contributed by atoms with Crippen LogP contribution in [0.3, 0.4) is 0 Å². The van der Waals surface area contributed by atoms with Gasteiger partial charge in [-0.15, -0.1) is 0 Å². The molecule has 0 saturated heterocycles. The molecule has 0 heterocycles. The van der Waals surface area contributed by atoms with Gasteiger partial charge in [-0.25, -0.2) is 0 Å². The molecule has 0 N–H and O–H groups in total. The number of benzene rings is 2. The van der Waals surface area contributed by atoms with Crippen molar-refractivity contribution in [3.05, 3.63) is 71.8 Å². The Morgan fingerprint density at radius 1 is 0.750 bits per heavy atom. The van der Waals surface area contributed by atoms with Crippen LogP contribution >= 0.6 is 0 Å². The summed E-state index contributed by atoms with van der Waals surface area (Å²) in [4.78, 5) is 0. The highest BCUT2D eigenvalue weighted by molar-refractivity contribution is 5.27. The van der Waals surface area contributed by atoms with Crippen molar-refractivity contribution in [2.24, 2.45) is 0 Å². The summed E-state index contributed by atoms with van der Waals surface area (Å²) in [5, 5.41) is 0. The van der Waals surface area contributed by atoms with Crippen LogP contribution in [-0.2, 0) is 22.7 Å². The molecule has 0 amide bonds. The van der Waals surface area contributed by atoms with Crippen LogP contribution in [0.25, 0.3) is 0 Å². The van der Waals surface area contributed by atoms with Gasteiger partial charge in [0.2, 0.25) is 0 Å². The van der Waals surface area contributed by atoms with Crippen molar-refractivity contribution in [1.82, 2.24) is 0 Å². The minimum Gasteiger partial charge on any atom is -0.497 e. The predicted octanol–water partition coefficient (Wildman–Crippen LogP) is 4.34. The summed E-state index contributed by atoms with van der Waals surface area (Å²) in [5.74, 6) is 1.67. The highest BCUT2D eigenvalue weighted by atomic mass is 16.7. The summed E-state index contributed by atoms with van der Waals surface area (Å²) < 4.78 is 22.0. The van der Waals surface area contributed by atoms with E-state index in [9.17, 15) is 0 Å². The Balaban J connectivity index is 1.86. The van der Waals surface area contributed by atoms with Crippen molar-refractivity contribution in [1.29, 1.82) is 0 Å². The van der Waals surface area contributed by atoms with E-state index in [0.717, 1.165) is 22.6 Å².